The Morgan fingerprint density at radius 1 is 0.894 bits per heavy atom. The van der Waals surface area contributed by atoms with Gasteiger partial charge in [-0.15, -0.1) is 0 Å². The Labute approximate surface area is 295 Å². The topological polar surface area (TPSA) is 86.8 Å². The van der Waals surface area contributed by atoms with Gasteiger partial charge in [-0.2, -0.15) is 0 Å². The van der Waals surface area contributed by atoms with Gasteiger partial charge in [0, 0.05) is 28.5 Å². The van der Waals surface area contributed by atoms with Gasteiger partial charge < -0.3 is 10.2 Å². The monoisotopic (exact) mass is 755 g/mol. The molecule has 246 valence electrons. The summed E-state index contributed by atoms with van der Waals surface area (Å²) in [5.74, 6) is -0.850. The van der Waals surface area contributed by atoms with Crippen LogP contribution in [0, 0.1) is 6.92 Å². The first kappa shape index (κ1) is 35.0. The molecule has 5 rings (SSSR count). The molecule has 0 aromatic heterocycles. The van der Waals surface area contributed by atoms with Crippen LogP contribution < -0.4 is 9.62 Å². The standard InChI is InChI=1S/C36H36BrCl2N3O4S/c1-25-14-17-31(18-15-25)47(45,46)42(33-22-29(38)16-19-32(33)39)24-35(43)41(23-27-10-7-11-28(37)20-27)34(21-26-8-3-2-4-9-26)36(44)40-30-12-5-6-13-30/h2-4,7-11,14-20,22,30,34H,5-6,12-13,21,23-24H2,1H3,(H,40,44)/t34-/m1/s1. The van der Waals surface area contributed by atoms with Crippen LogP contribution in [0.25, 0.3) is 0 Å². The van der Waals surface area contributed by atoms with Crippen LogP contribution in [0.4, 0.5) is 5.69 Å². The van der Waals surface area contributed by atoms with Crippen molar-refractivity contribution >= 4 is 66.7 Å². The van der Waals surface area contributed by atoms with Gasteiger partial charge in [0.15, 0.2) is 0 Å². The van der Waals surface area contributed by atoms with Crippen molar-refractivity contribution < 1.29 is 18.0 Å². The van der Waals surface area contributed by atoms with Crippen molar-refractivity contribution in [1.29, 1.82) is 0 Å². The normalized spacial score (nSPS) is 14.0. The van der Waals surface area contributed by atoms with Crippen molar-refractivity contribution in [2.45, 2.75) is 62.6 Å². The van der Waals surface area contributed by atoms with Crippen LogP contribution in [-0.2, 0) is 32.6 Å². The molecule has 1 fully saturated rings. The first-order valence-electron chi connectivity index (χ1n) is 15.4. The molecule has 0 saturated heterocycles. The SMILES string of the molecule is Cc1ccc(S(=O)(=O)N(CC(=O)N(Cc2cccc(Br)c2)[C@H](Cc2ccccc2)C(=O)NC2CCCC2)c2cc(Cl)ccc2Cl)cc1. The molecular weight excluding hydrogens is 721 g/mol. The lowest BCUT2D eigenvalue weighted by Gasteiger charge is -2.34. The van der Waals surface area contributed by atoms with Crippen molar-refractivity contribution in [2.24, 2.45) is 0 Å². The first-order chi connectivity index (χ1) is 22.5. The van der Waals surface area contributed by atoms with E-state index in [2.05, 4.69) is 21.2 Å². The Bertz CT molecular complexity index is 1820. The number of nitrogens with zero attached hydrogens (tertiary/aromatic N) is 2. The van der Waals surface area contributed by atoms with Crippen LogP contribution in [0.2, 0.25) is 10.0 Å². The van der Waals surface area contributed by atoms with E-state index in [0.29, 0.717) is 0 Å². The average Bonchev–Trinajstić information content (AvgIpc) is 3.56. The molecule has 7 nitrogen and oxygen atoms in total. The second kappa shape index (κ2) is 15.7. The predicted octanol–water partition coefficient (Wildman–Crippen LogP) is 7.96. The Morgan fingerprint density at radius 3 is 2.26 bits per heavy atom. The van der Waals surface area contributed by atoms with Crippen LogP contribution in [0.1, 0.15) is 42.4 Å². The van der Waals surface area contributed by atoms with Gasteiger partial charge in [0.25, 0.3) is 10.0 Å². The lowest BCUT2D eigenvalue weighted by molar-refractivity contribution is -0.140. The van der Waals surface area contributed by atoms with Crippen LogP contribution in [0.5, 0.6) is 0 Å². The molecule has 4 aromatic rings. The van der Waals surface area contributed by atoms with E-state index in [1.165, 1.54) is 29.2 Å². The molecule has 0 unspecified atom stereocenters. The van der Waals surface area contributed by atoms with E-state index in [0.717, 1.165) is 51.2 Å². The summed E-state index contributed by atoms with van der Waals surface area (Å²) < 4.78 is 30.3. The number of aryl methyl sites for hydroxylation is 1. The van der Waals surface area contributed by atoms with Crippen LogP contribution >= 0.6 is 39.1 Å². The Morgan fingerprint density at radius 2 is 1.57 bits per heavy atom. The van der Waals surface area contributed by atoms with E-state index in [1.54, 1.807) is 18.2 Å². The number of sulfonamides is 1. The van der Waals surface area contributed by atoms with Crippen molar-refractivity contribution in [3.05, 3.63) is 128 Å². The number of nitrogens with one attached hydrogen (secondary N) is 1. The maximum absolute atomic E-state index is 14.7. The highest BCUT2D eigenvalue weighted by Crippen LogP contribution is 2.33. The number of amides is 2. The molecule has 0 spiro atoms. The quantitative estimate of drug-likeness (QED) is 0.159. The zero-order valence-electron chi connectivity index (χ0n) is 25.9. The number of carbonyl (C=O) groups is 2. The molecule has 0 radical (unpaired) electrons. The summed E-state index contributed by atoms with van der Waals surface area (Å²) in [6, 6.07) is 26.9. The average molecular weight is 758 g/mol. The van der Waals surface area contributed by atoms with E-state index in [-0.39, 0.29) is 45.5 Å². The van der Waals surface area contributed by atoms with Crippen molar-refractivity contribution in [2.75, 3.05) is 10.8 Å². The van der Waals surface area contributed by atoms with E-state index < -0.39 is 28.5 Å². The van der Waals surface area contributed by atoms with Gasteiger partial charge in [-0.3, -0.25) is 13.9 Å². The summed E-state index contributed by atoms with van der Waals surface area (Å²) >= 11 is 16.4. The minimum absolute atomic E-state index is 0.00899. The number of benzene rings is 4. The molecule has 0 bridgehead atoms. The van der Waals surface area contributed by atoms with Crippen molar-refractivity contribution in [1.82, 2.24) is 10.2 Å². The molecule has 4 aromatic carbocycles. The smallest absolute Gasteiger partial charge is 0.264 e. The fourth-order valence-electron chi connectivity index (χ4n) is 5.78. The van der Waals surface area contributed by atoms with Gasteiger partial charge in [-0.1, -0.05) is 112 Å². The fourth-order valence-corrected chi connectivity index (χ4v) is 8.09. The number of hydrogen-bond donors (Lipinski definition) is 1. The summed E-state index contributed by atoms with van der Waals surface area (Å²) in [6.07, 6.45) is 4.04. The maximum atomic E-state index is 14.7. The highest BCUT2D eigenvalue weighted by Gasteiger charge is 2.36. The fraction of sp³-hybridized carbons (Fsp3) is 0.278. The number of halogens is 3. The number of rotatable bonds is 12. The Balaban J connectivity index is 1.59. The number of carbonyl (C=O) groups excluding carboxylic acids is 2. The highest BCUT2D eigenvalue weighted by molar-refractivity contribution is 9.10. The zero-order valence-corrected chi connectivity index (χ0v) is 29.8. The predicted molar refractivity (Wildman–Crippen MR) is 191 cm³/mol. The van der Waals surface area contributed by atoms with Gasteiger partial charge in [0.1, 0.15) is 12.6 Å². The minimum Gasteiger partial charge on any atom is -0.352 e. The summed E-state index contributed by atoms with van der Waals surface area (Å²) in [7, 11) is -4.31. The lowest BCUT2D eigenvalue weighted by atomic mass is 10.0. The number of anilines is 1. The van der Waals surface area contributed by atoms with E-state index in [1.807, 2.05) is 61.5 Å². The molecule has 0 aliphatic heterocycles. The molecule has 11 heteroatoms. The molecule has 0 heterocycles. The van der Waals surface area contributed by atoms with E-state index in [4.69, 9.17) is 23.2 Å². The molecule has 1 aliphatic carbocycles. The third kappa shape index (κ3) is 8.96. The van der Waals surface area contributed by atoms with Crippen molar-refractivity contribution in [3.63, 3.8) is 0 Å². The maximum Gasteiger partial charge on any atom is 0.264 e. The summed E-state index contributed by atoms with van der Waals surface area (Å²) in [6.45, 7) is 1.30. The molecule has 2 amide bonds. The minimum atomic E-state index is -4.31. The summed E-state index contributed by atoms with van der Waals surface area (Å²) in [4.78, 5) is 30.3. The van der Waals surface area contributed by atoms with Gasteiger partial charge in [0.05, 0.1) is 15.6 Å². The molecule has 1 aliphatic rings. The largest absolute Gasteiger partial charge is 0.352 e. The molecular formula is C36H36BrCl2N3O4S. The van der Waals surface area contributed by atoms with E-state index >= 15 is 0 Å². The van der Waals surface area contributed by atoms with Gasteiger partial charge in [-0.05, 0) is 73.4 Å². The van der Waals surface area contributed by atoms with E-state index in [9.17, 15) is 18.0 Å². The second-order valence-electron chi connectivity index (χ2n) is 11.8. The van der Waals surface area contributed by atoms with Gasteiger partial charge in [0.2, 0.25) is 11.8 Å². The molecule has 1 saturated carbocycles. The Kier molecular flexibility index (Phi) is 11.7. The Hall–Kier alpha value is -3.37. The summed E-state index contributed by atoms with van der Waals surface area (Å²) in [5.41, 5.74) is 2.58. The zero-order chi connectivity index (χ0) is 33.6. The van der Waals surface area contributed by atoms with Gasteiger partial charge in [-0.25, -0.2) is 8.42 Å². The summed E-state index contributed by atoms with van der Waals surface area (Å²) in [5, 5.41) is 3.54. The second-order valence-corrected chi connectivity index (χ2v) is 15.4. The third-order valence-corrected chi connectivity index (χ3v) is 11.1. The van der Waals surface area contributed by atoms with Crippen LogP contribution in [0.15, 0.2) is 106 Å². The molecule has 1 atom stereocenters. The third-order valence-electron chi connectivity index (χ3n) is 8.28. The van der Waals surface area contributed by atoms with Crippen LogP contribution in [0.3, 0.4) is 0 Å². The highest BCUT2D eigenvalue weighted by atomic mass is 79.9. The van der Waals surface area contributed by atoms with Crippen LogP contribution in [-0.4, -0.2) is 43.8 Å². The lowest BCUT2D eigenvalue weighted by Crippen LogP contribution is -2.54. The number of hydrogen-bond acceptors (Lipinski definition) is 4. The van der Waals surface area contributed by atoms with Gasteiger partial charge >= 0.3 is 0 Å². The molecule has 1 N–H and O–H groups in total. The molecule has 47 heavy (non-hydrogen) atoms. The van der Waals surface area contributed by atoms with Crippen molar-refractivity contribution in [3.8, 4) is 0 Å². The first-order valence-corrected chi connectivity index (χ1v) is 18.4.